The number of anilines is 1. The number of nitrogens with zero attached hydrogens (tertiary/aromatic N) is 5. The van der Waals surface area contributed by atoms with E-state index in [1.807, 2.05) is 18.9 Å². The van der Waals surface area contributed by atoms with Gasteiger partial charge in [-0.25, -0.2) is 19.3 Å². The fourth-order valence-electron chi connectivity index (χ4n) is 2.96. The number of halogens is 1. The van der Waals surface area contributed by atoms with Crippen LogP contribution in [0.2, 0.25) is 0 Å². The Morgan fingerprint density at radius 2 is 2.17 bits per heavy atom. The van der Waals surface area contributed by atoms with Crippen LogP contribution in [0.15, 0.2) is 6.33 Å². The second-order valence-electron chi connectivity index (χ2n) is 6.24. The summed E-state index contributed by atoms with van der Waals surface area (Å²) < 4.78 is 22.0. The topological polar surface area (TPSA) is 96.5 Å². The van der Waals surface area contributed by atoms with Gasteiger partial charge >= 0.3 is 0 Å². The molecule has 2 aromatic heterocycles. The Bertz CT molecular complexity index is 750. The number of ether oxygens (including phenoxy) is 1. The van der Waals surface area contributed by atoms with Gasteiger partial charge in [0.05, 0.1) is 12.9 Å². The minimum Gasteiger partial charge on any atom is -0.394 e. The van der Waals surface area contributed by atoms with Crippen molar-refractivity contribution in [1.29, 1.82) is 0 Å². The summed E-state index contributed by atoms with van der Waals surface area (Å²) in [5.41, 5.74) is -1.12. The van der Waals surface area contributed by atoms with Crippen LogP contribution < -0.4 is 4.90 Å². The van der Waals surface area contributed by atoms with Crippen molar-refractivity contribution in [1.82, 2.24) is 19.5 Å². The molecule has 1 saturated heterocycles. The lowest BCUT2D eigenvalue weighted by Gasteiger charge is -2.24. The molecule has 0 aromatic carbocycles. The minimum atomic E-state index is -2.09. The molecule has 1 fully saturated rings. The highest BCUT2D eigenvalue weighted by Gasteiger charge is 2.55. The number of hydrogen-bond donors (Lipinski definition) is 2. The van der Waals surface area contributed by atoms with E-state index in [0.717, 1.165) is 6.54 Å². The molecule has 2 aromatic rings. The SMILES string of the molecule is CCN(C)c1nc(C)nc2c1ncn2[C@@H]1O[C@H](CO)[C@@H](O)[C@@]1(C)F. The largest absolute Gasteiger partial charge is 0.394 e. The van der Waals surface area contributed by atoms with E-state index in [1.165, 1.54) is 17.8 Å². The van der Waals surface area contributed by atoms with Gasteiger partial charge in [0, 0.05) is 13.6 Å². The molecule has 9 heteroatoms. The van der Waals surface area contributed by atoms with Crippen LogP contribution in [0.3, 0.4) is 0 Å². The molecular weight excluding hydrogens is 317 g/mol. The van der Waals surface area contributed by atoms with Crippen molar-refractivity contribution in [2.24, 2.45) is 0 Å². The molecule has 0 saturated carbocycles. The quantitative estimate of drug-likeness (QED) is 0.840. The summed E-state index contributed by atoms with van der Waals surface area (Å²) in [7, 11) is 1.89. The summed E-state index contributed by atoms with van der Waals surface area (Å²) >= 11 is 0. The van der Waals surface area contributed by atoms with Crippen molar-refractivity contribution < 1.29 is 19.3 Å². The lowest BCUT2D eigenvalue weighted by molar-refractivity contribution is -0.0567. The third-order valence-electron chi connectivity index (χ3n) is 4.50. The van der Waals surface area contributed by atoms with E-state index >= 15 is 4.39 Å². The summed E-state index contributed by atoms with van der Waals surface area (Å²) in [6.07, 6.45) is -2.14. The first kappa shape index (κ1) is 17.0. The van der Waals surface area contributed by atoms with Crippen molar-refractivity contribution in [3.63, 3.8) is 0 Å². The Hall–Kier alpha value is -1.84. The zero-order valence-corrected chi connectivity index (χ0v) is 14.1. The van der Waals surface area contributed by atoms with Gasteiger partial charge in [0.15, 0.2) is 28.9 Å². The second-order valence-corrected chi connectivity index (χ2v) is 6.24. The van der Waals surface area contributed by atoms with Crippen LogP contribution in [-0.2, 0) is 4.74 Å². The molecule has 0 aliphatic carbocycles. The smallest absolute Gasteiger partial charge is 0.181 e. The first-order chi connectivity index (χ1) is 11.3. The van der Waals surface area contributed by atoms with Gasteiger partial charge in [0.25, 0.3) is 0 Å². The highest BCUT2D eigenvalue weighted by molar-refractivity contribution is 5.83. The molecule has 3 heterocycles. The van der Waals surface area contributed by atoms with Gasteiger partial charge in [-0.2, -0.15) is 0 Å². The summed E-state index contributed by atoms with van der Waals surface area (Å²) in [5.74, 6) is 1.17. The fraction of sp³-hybridized carbons (Fsp3) is 0.667. The Labute approximate surface area is 138 Å². The van der Waals surface area contributed by atoms with E-state index in [2.05, 4.69) is 15.0 Å². The molecule has 0 spiro atoms. The molecule has 0 amide bonds. The van der Waals surface area contributed by atoms with Crippen molar-refractivity contribution in [3.8, 4) is 0 Å². The maximum absolute atomic E-state index is 15.0. The zero-order chi connectivity index (χ0) is 17.6. The van der Waals surface area contributed by atoms with Crippen molar-refractivity contribution in [3.05, 3.63) is 12.2 Å². The predicted molar refractivity (Wildman–Crippen MR) is 85.5 cm³/mol. The van der Waals surface area contributed by atoms with E-state index in [4.69, 9.17) is 4.74 Å². The summed E-state index contributed by atoms with van der Waals surface area (Å²) in [6.45, 7) is 5.24. The van der Waals surface area contributed by atoms with Crippen LogP contribution in [0.4, 0.5) is 10.2 Å². The number of aromatic nitrogens is 4. The van der Waals surface area contributed by atoms with Gasteiger partial charge in [0.2, 0.25) is 0 Å². The predicted octanol–water partition coefficient (Wildman–Crippen LogP) is 0.570. The van der Waals surface area contributed by atoms with E-state index in [0.29, 0.717) is 22.8 Å². The third-order valence-corrected chi connectivity index (χ3v) is 4.50. The van der Waals surface area contributed by atoms with E-state index in [9.17, 15) is 10.2 Å². The summed E-state index contributed by atoms with van der Waals surface area (Å²) in [5, 5.41) is 19.3. The second kappa shape index (κ2) is 5.91. The van der Waals surface area contributed by atoms with E-state index < -0.39 is 30.7 Å². The maximum atomic E-state index is 15.0. The van der Waals surface area contributed by atoms with Gasteiger partial charge in [-0.05, 0) is 20.8 Å². The standard InChI is InChI=1S/C15H22FN5O3/c1-5-20(4)12-10-13(19-8(2)18-12)21(7-17-10)14-15(3,16)11(23)9(6-22)24-14/h7,9,11,14,22-23H,5-6H2,1-4H3/t9-,11-,14-,15-/m1/s1. The highest BCUT2D eigenvalue weighted by atomic mass is 19.1. The molecule has 3 rings (SSSR count). The fourth-order valence-corrected chi connectivity index (χ4v) is 2.96. The monoisotopic (exact) mass is 339 g/mol. The zero-order valence-electron chi connectivity index (χ0n) is 14.1. The number of aliphatic hydroxyl groups is 2. The summed E-state index contributed by atoms with van der Waals surface area (Å²) in [4.78, 5) is 15.0. The Morgan fingerprint density at radius 1 is 1.46 bits per heavy atom. The van der Waals surface area contributed by atoms with Gasteiger partial charge in [0.1, 0.15) is 18.0 Å². The van der Waals surface area contributed by atoms with Crippen molar-refractivity contribution >= 4 is 17.0 Å². The van der Waals surface area contributed by atoms with E-state index in [1.54, 1.807) is 6.92 Å². The molecule has 0 radical (unpaired) electrons. The normalized spacial score (nSPS) is 30.2. The molecule has 24 heavy (non-hydrogen) atoms. The highest BCUT2D eigenvalue weighted by Crippen LogP contribution is 2.42. The first-order valence-corrected chi connectivity index (χ1v) is 7.86. The lowest BCUT2D eigenvalue weighted by Crippen LogP contribution is -2.40. The number of rotatable bonds is 4. The number of alkyl halides is 1. The molecule has 1 aliphatic rings. The Morgan fingerprint density at radius 3 is 2.75 bits per heavy atom. The molecular formula is C15H22FN5O3. The molecule has 2 N–H and O–H groups in total. The third kappa shape index (κ3) is 2.43. The van der Waals surface area contributed by atoms with Gasteiger partial charge in [-0.15, -0.1) is 0 Å². The Kier molecular flexibility index (Phi) is 4.18. The number of aliphatic hydroxyl groups excluding tert-OH is 2. The number of hydrogen-bond acceptors (Lipinski definition) is 7. The molecule has 132 valence electrons. The minimum absolute atomic E-state index is 0.428. The van der Waals surface area contributed by atoms with Gasteiger partial charge in [-0.1, -0.05) is 0 Å². The molecule has 0 unspecified atom stereocenters. The first-order valence-electron chi connectivity index (χ1n) is 7.86. The summed E-state index contributed by atoms with van der Waals surface area (Å²) in [6, 6.07) is 0. The number of imidazole rings is 1. The van der Waals surface area contributed by atoms with Gasteiger partial charge < -0.3 is 19.8 Å². The number of fused-ring (bicyclic) bond motifs is 1. The lowest BCUT2D eigenvalue weighted by atomic mass is 9.98. The molecule has 1 aliphatic heterocycles. The number of aryl methyl sites for hydroxylation is 1. The van der Waals surface area contributed by atoms with Crippen LogP contribution >= 0.6 is 0 Å². The van der Waals surface area contributed by atoms with Crippen molar-refractivity contribution in [2.75, 3.05) is 25.1 Å². The molecule has 8 nitrogen and oxygen atoms in total. The van der Waals surface area contributed by atoms with Crippen LogP contribution in [0.1, 0.15) is 25.9 Å². The maximum Gasteiger partial charge on any atom is 0.181 e. The average molecular weight is 339 g/mol. The van der Waals surface area contributed by atoms with Crippen LogP contribution in [0, 0.1) is 6.92 Å². The average Bonchev–Trinajstić information content (AvgIpc) is 3.05. The van der Waals surface area contributed by atoms with Crippen LogP contribution in [0.5, 0.6) is 0 Å². The Balaban J connectivity index is 2.13. The van der Waals surface area contributed by atoms with Crippen LogP contribution in [-0.4, -0.2) is 67.8 Å². The van der Waals surface area contributed by atoms with Crippen LogP contribution in [0.25, 0.3) is 11.2 Å². The van der Waals surface area contributed by atoms with Crippen molar-refractivity contribution in [2.45, 2.75) is 44.9 Å². The van der Waals surface area contributed by atoms with E-state index in [-0.39, 0.29) is 0 Å². The molecule has 4 atom stereocenters. The van der Waals surface area contributed by atoms with Gasteiger partial charge in [-0.3, -0.25) is 4.57 Å². The molecule has 0 bridgehead atoms.